The third-order valence-electron chi connectivity index (χ3n) is 3.10. The third-order valence-corrected chi connectivity index (χ3v) is 6.49. The maximum atomic E-state index is 11.0. The number of rotatable bonds is 11. The van der Waals surface area contributed by atoms with Crippen LogP contribution in [0.1, 0.15) is 12.5 Å². The Hall–Kier alpha value is 1.27. The Balaban J connectivity index is 0. The number of nitrogens with zero attached hydrogens (tertiary/aromatic N) is 3. The molecule has 0 spiro atoms. The smallest absolute Gasteiger partial charge is 0.778 e. The van der Waals surface area contributed by atoms with Gasteiger partial charge in [0.15, 0.2) is 5.75 Å². The van der Waals surface area contributed by atoms with Gasteiger partial charge in [0.25, 0.3) is 0 Å². The van der Waals surface area contributed by atoms with Crippen LogP contribution in [0.25, 0.3) is 0 Å². The molecule has 3 atom stereocenters. The van der Waals surface area contributed by atoms with E-state index in [0.29, 0.717) is 12.2 Å². The summed E-state index contributed by atoms with van der Waals surface area (Å²) in [4.78, 5) is 40.8. The largest absolute Gasteiger partial charge is 1.00 e. The van der Waals surface area contributed by atoms with Crippen molar-refractivity contribution < 1.29 is 92.3 Å². The molecule has 29 heavy (non-hydrogen) atoms. The standard InChI is InChI=1S/C13H22N3O7P3S.2Na/c1-3-14-15(2)24(27)23-13-6-4-12(5-7-13)8-9-16(10-25(17,18)19)11-26(20,21)22;;/h3-7H,8-11H2,1-2H3,(H3-,17,18,19,20,21,22);;/q;2*+1/p-1/b14-3+;;. The van der Waals surface area contributed by atoms with Crippen LogP contribution in [0.5, 0.6) is 5.75 Å². The van der Waals surface area contributed by atoms with E-state index in [9.17, 15) is 18.9 Å². The minimum atomic E-state index is -4.71. The van der Waals surface area contributed by atoms with Crippen LogP contribution in [0, 0.1) is 0 Å². The number of hydrogen-bond donors (Lipinski definition) is 2. The van der Waals surface area contributed by atoms with Crippen LogP contribution >= 0.6 is 22.3 Å². The van der Waals surface area contributed by atoms with Gasteiger partial charge in [-0.05, 0) is 31.0 Å². The minimum absolute atomic E-state index is 0. The van der Waals surface area contributed by atoms with Crippen molar-refractivity contribution in [2.24, 2.45) is 5.10 Å². The molecule has 1 rings (SSSR count). The third kappa shape index (κ3) is 15.7. The van der Waals surface area contributed by atoms with Gasteiger partial charge in [0.05, 0.1) is 19.6 Å². The summed E-state index contributed by atoms with van der Waals surface area (Å²) >= 11 is 5.22. The zero-order valence-electron chi connectivity index (χ0n) is 16.7. The van der Waals surface area contributed by atoms with Crippen LogP contribution in [0.15, 0.2) is 29.4 Å². The molecule has 16 heteroatoms. The van der Waals surface area contributed by atoms with E-state index >= 15 is 0 Å². The molecule has 2 N–H and O–H groups in total. The van der Waals surface area contributed by atoms with Gasteiger partial charge in [0.2, 0.25) is 11.8 Å². The zero-order valence-corrected chi connectivity index (χ0v) is 24.2. The summed E-state index contributed by atoms with van der Waals surface area (Å²) in [6, 6.07) is 6.81. The van der Waals surface area contributed by atoms with Crippen molar-refractivity contribution in [3.05, 3.63) is 29.8 Å². The van der Waals surface area contributed by atoms with Gasteiger partial charge in [-0.15, -0.1) is 5.10 Å². The predicted molar refractivity (Wildman–Crippen MR) is 103 cm³/mol. The summed E-state index contributed by atoms with van der Waals surface area (Å²) in [7, 11) is -9.08. The molecule has 1 aromatic carbocycles. The van der Waals surface area contributed by atoms with Gasteiger partial charge in [-0.1, -0.05) is 16.9 Å². The van der Waals surface area contributed by atoms with Crippen molar-refractivity contribution >= 4 is 40.3 Å². The first kappa shape index (κ1) is 32.4. The molecule has 0 saturated heterocycles. The Morgan fingerprint density at radius 1 is 1.17 bits per heavy atom. The molecule has 0 bridgehead atoms. The Labute approximate surface area is 220 Å². The maximum absolute atomic E-state index is 11.0. The first-order valence-corrected chi connectivity index (χ1v) is 13.4. The van der Waals surface area contributed by atoms with Gasteiger partial charge < -0.3 is 28.7 Å². The van der Waals surface area contributed by atoms with E-state index in [2.05, 4.69) is 5.10 Å². The molecule has 3 unspecified atom stereocenters. The number of benzene rings is 1. The summed E-state index contributed by atoms with van der Waals surface area (Å²) < 4.78 is 29.2. The van der Waals surface area contributed by atoms with Crippen LogP contribution in [0.3, 0.4) is 0 Å². The molecule has 0 fully saturated rings. The van der Waals surface area contributed by atoms with Gasteiger partial charge >= 0.3 is 66.2 Å². The average molecular weight is 502 g/mol. The summed E-state index contributed by atoms with van der Waals surface area (Å²) in [5.74, 6) is 0.536. The average Bonchev–Trinajstić information content (AvgIpc) is 2.51. The Kier molecular flexibility index (Phi) is 17.0. The second-order valence-corrected chi connectivity index (χ2v) is 10.8. The molecule has 0 aliphatic rings. The normalized spacial score (nSPS) is 15.6. The monoisotopic (exact) mass is 502 g/mol. The van der Waals surface area contributed by atoms with Crippen molar-refractivity contribution in [1.82, 2.24) is 9.68 Å². The van der Waals surface area contributed by atoms with Gasteiger partial charge in [-0.2, -0.15) is 0 Å². The molecule has 0 saturated carbocycles. The van der Waals surface area contributed by atoms with E-state index in [1.165, 1.54) is 4.78 Å². The van der Waals surface area contributed by atoms with Crippen molar-refractivity contribution in [2.45, 2.75) is 13.3 Å². The molecule has 10 nitrogen and oxygen atoms in total. The Morgan fingerprint density at radius 2 is 1.66 bits per heavy atom. The minimum Gasteiger partial charge on any atom is -0.778 e. The van der Waals surface area contributed by atoms with E-state index < -0.39 is 34.8 Å². The first-order chi connectivity index (χ1) is 12.4. The maximum Gasteiger partial charge on any atom is 1.00 e. The van der Waals surface area contributed by atoms with E-state index in [4.69, 9.17) is 26.1 Å². The zero-order chi connectivity index (χ0) is 20.7. The SMILES string of the molecule is C/C=N/N(C)[P+](=S)Oc1ccc(CCN(CP(=O)([O-])O)CP(=O)([O-])O)cc1.[Na+].[Na+]. The summed E-state index contributed by atoms with van der Waals surface area (Å²) in [5, 5.41) is 4.01. The summed E-state index contributed by atoms with van der Waals surface area (Å²) in [6.45, 7) is 1.76. The topological polar surface area (TPSA) is 149 Å². The molecule has 0 aliphatic heterocycles. The van der Waals surface area contributed by atoms with Crippen LogP contribution in [0.4, 0.5) is 0 Å². The fraction of sp³-hybridized carbons (Fsp3) is 0.462. The molecule has 1 aromatic rings. The van der Waals surface area contributed by atoms with Gasteiger partial charge in [0.1, 0.15) is 15.2 Å². The Bertz CT molecular complexity index is 737. The van der Waals surface area contributed by atoms with Crippen LogP contribution < -0.4 is 73.4 Å². The summed E-state index contributed by atoms with van der Waals surface area (Å²) in [5.41, 5.74) is 0.776. The van der Waals surface area contributed by atoms with E-state index in [1.807, 2.05) is 0 Å². The van der Waals surface area contributed by atoms with Crippen molar-refractivity contribution in [1.29, 1.82) is 0 Å². The van der Waals surface area contributed by atoms with Crippen LogP contribution in [-0.4, -0.2) is 51.8 Å². The quantitative estimate of drug-likeness (QED) is 0.130. The van der Waals surface area contributed by atoms with E-state index in [-0.39, 0.29) is 65.7 Å². The molecular weight excluding hydrogens is 481 g/mol. The molecule has 0 radical (unpaired) electrons. The van der Waals surface area contributed by atoms with Crippen LogP contribution in [0.2, 0.25) is 0 Å². The van der Waals surface area contributed by atoms with Gasteiger partial charge in [-0.3, -0.25) is 9.42 Å². The van der Waals surface area contributed by atoms with Gasteiger partial charge in [-0.25, -0.2) is 0 Å². The Morgan fingerprint density at radius 3 is 2.07 bits per heavy atom. The molecule has 0 aliphatic carbocycles. The van der Waals surface area contributed by atoms with E-state index in [1.54, 1.807) is 44.5 Å². The fourth-order valence-corrected chi connectivity index (χ4v) is 4.70. The predicted octanol–water partition coefficient (Wildman–Crippen LogP) is -5.36. The molecular formula is C13H21N3Na2O7P3S+. The second kappa shape index (κ2) is 15.2. The fourth-order valence-electron chi connectivity index (χ4n) is 2.05. The molecule has 152 valence electrons. The van der Waals surface area contributed by atoms with Crippen molar-refractivity contribution in [2.75, 3.05) is 26.2 Å². The van der Waals surface area contributed by atoms with Crippen molar-refractivity contribution in [3.63, 3.8) is 0 Å². The molecule has 0 aromatic heterocycles. The van der Waals surface area contributed by atoms with Crippen molar-refractivity contribution in [3.8, 4) is 5.75 Å². The first-order valence-electron chi connectivity index (χ1n) is 7.64. The number of hydrazone groups is 1. The number of hydrogen-bond acceptors (Lipinski definition) is 8. The second-order valence-electron chi connectivity index (χ2n) is 5.54. The molecule has 0 amide bonds. The van der Waals surface area contributed by atoms with E-state index in [0.717, 1.165) is 10.5 Å². The van der Waals surface area contributed by atoms with Crippen LogP contribution in [-0.2, 0) is 27.4 Å². The molecule has 0 heterocycles. The summed E-state index contributed by atoms with van der Waals surface area (Å²) in [6.07, 6.45) is 0.153. The van der Waals surface area contributed by atoms with Gasteiger partial charge in [0, 0.05) is 12.8 Å².